The van der Waals surface area contributed by atoms with Gasteiger partial charge in [0.2, 0.25) is 6.79 Å². The fourth-order valence-corrected chi connectivity index (χ4v) is 2.52. The Kier molecular flexibility index (Phi) is 4.83. The van der Waals surface area contributed by atoms with E-state index in [0.29, 0.717) is 28.7 Å². The van der Waals surface area contributed by atoms with E-state index in [2.05, 4.69) is 10.6 Å². The number of methoxy groups -OCH3 is 2. The molecule has 2 aromatic carbocycles. The minimum Gasteiger partial charge on any atom is -0.497 e. The van der Waals surface area contributed by atoms with Crippen molar-refractivity contribution in [1.82, 2.24) is 5.32 Å². The number of hydrogen-bond acceptors (Lipinski definition) is 5. The molecule has 1 heterocycles. The number of anilines is 1. The lowest BCUT2D eigenvalue weighted by Crippen LogP contribution is -2.31. The summed E-state index contributed by atoms with van der Waals surface area (Å²) in [7, 11) is 3.11. The molecule has 0 radical (unpaired) electrons. The first kappa shape index (κ1) is 16.8. The third kappa shape index (κ3) is 3.71. The van der Waals surface area contributed by atoms with Crippen molar-refractivity contribution < 1.29 is 23.7 Å². The number of urea groups is 1. The van der Waals surface area contributed by atoms with E-state index in [0.717, 1.165) is 5.56 Å². The van der Waals surface area contributed by atoms with Crippen LogP contribution in [0.25, 0.3) is 0 Å². The molecule has 0 fully saturated rings. The Morgan fingerprint density at radius 1 is 1.08 bits per heavy atom. The maximum absolute atomic E-state index is 12.3. The molecule has 1 aliphatic heterocycles. The summed E-state index contributed by atoms with van der Waals surface area (Å²) >= 11 is 0. The number of rotatable bonds is 5. The van der Waals surface area contributed by atoms with Crippen LogP contribution in [0.15, 0.2) is 36.4 Å². The molecular formula is C18H20N2O5. The van der Waals surface area contributed by atoms with Crippen molar-refractivity contribution >= 4 is 11.7 Å². The molecule has 0 saturated heterocycles. The van der Waals surface area contributed by atoms with Crippen LogP contribution in [0, 0.1) is 0 Å². The van der Waals surface area contributed by atoms with Crippen molar-refractivity contribution in [2.24, 2.45) is 0 Å². The SMILES string of the molecule is COc1ccc(NC(=O)N[C@@H](C)c2ccc3c(c2)OCO3)c(OC)c1. The number of amides is 2. The summed E-state index contributed by atoms with van der Waals surface area (Å²) in [5.74, 6) is 2.56. The van der Waals surface area contributed by atoms with Gasteiger partial charge in [-0.2, -0.15) is 0 Å². The third-order valence-electron chi connectivity index (χ3n) is 3.90. The van der Waals surface area contributed by atoms with E-state index in [-0.39, 0.29) is 18.9 Å². The topological polar surface area (TPSA) is 78.1 Å². The van der Waals surface area contributed by atoms with Gasteiger partial charge >= 0.3 is 6.03 Å². The first-order chi connectivity index (χ1) is 12.1. The zero-order valence-electron chi connectivity index (χ0n) is 14.3. The molecule has 7 nitrogen and oxygen atoms in total. The molecule has 1 aliphatic rings. The van der Waals surface area contributed by atoms with Crippen LogP contribution in [0.3, 0.4) is 0 Å². The predicted octanol–water partition coefficient (Wildman–Crippen LogP) is 3.32. The van der Waals surface area contributed by atoms with Gasteiger partial charge in [-0.15, -0.1) is 0 Å². The second-order valence-electron chi connectivity index (χ2n) is 5.50. The maximum atomic E-state index is 12.3. The minimum absolute atomic E-state index is 0.209. The molecule has 2 N–H and O–H groups in total. The fraction of sp³-hybridized carbons (Fsp3) is 0.278. The van der Waals surface area contributed by atoms with Crippen molar-refractivity contribution in [2.45, 2.75) is 13.0 Å². The van der Waals surface area contributed by atoms with Crippen molar-refractivity contribution in [3.8, 4) is 23.0 Å². The Bertz CT molecular complexity index is 778. The van der Waals surface area contributed by atoms with Gasteiger partial charge in [-0.3, -0.25) is 0 Å². The van der Waals surface area contributed by atoms with E-state index in [9.17, 15) is 4.79 Å². The molecule has 7 heteroatoms. The van der Waals surface area contributed by atoms with Gasteiger partial charge in [-0.25, -0.2) is 4.79 Å². The largest absolute Gasteiger partial charge is 0.497 e. The van der Waals surface area contributed by atoms with Gasteiger partial charge in [-0.1, -0.05) is 6.07 Å². The highest BCUT2D eigenvalue weighted by atomic mass is 16.7. The summed E-state index contributed by atoms with van der Waals surface area (Å²) in [6, 6.07) is 10.2. The highest BCUT2D eigenvalue weighted by Gasteiger charge is 2.17. The molecule has 1 atom stereocenters. The summed E-state index contributed by atoms with van der Waals surface area (Å²) in [5, 5.41) is 5.66. The van der Waals surface area contributed by atoms with Gasteiger partial charge in [0.1, 0.15) is 11.5 Å². The number of hydrogen-bond donors (Lipinski definition) is 2. The summed E-state index contributed by atoms with van der Waals surface area (Å²) in [6.45, 7) is 2.11. The van der Waals surface area contributed by atoms with Crippen LogP contribution in [0.1, 0.15) is 18.5 Å². The summed E-state index contributed by atoms with van der Waals surface area (Å²) < 4.78 is 21.1. The van der Waals surface area contributed by atoms with Crippen LogP contribution in [0.5, 0.6) is 23.0 Å². The molecular weight excluding hydrogens is 324 g/mol. The summed E-state index contributed by atoms with van der Waals surface area (Å²) in [6.07, 6.45) is 0. The van der Waals surface area contributed by atoms with Crippen molar-refractivity contribution in [3.05, 3.63) is 42.0 Å². The normalized spacial score (nSPS) is 13.1. The predicted molar refractivity (Wildman–Crippen MR) is 92.7 cm³/mol. The zero-order valence-corrected chi connectivity index (χ0v) is 14.3. The van der Waals surface area contributed by atoms with E-state index in [1.54, 1.807) is 25.3 Å². The number of nitrogens with one attached hydrogen (secondary N) is 2. The average Bonchev–Trinajstić information content (AvgIpc) is 3.09. The van der Waals surface area contributed by atoms with Crippen molar-refractivity contribution in [1.29, 1.82) is 0 Å². The molecule has 0 aromatic heterocycles. The van der Waals surface area contributed by atoms with Gasteiger partial charge in [0.05, 0.1) is 25.9 Å². The van der Waals surface area contributed by atoms with Gasteiger partial charge in [0, 0.05) is 6.07 Å². The molecule has 25 heavy (non-hydrogen) atoms. The lowest BCUT2D eigenvalue weighted by molar-refractivity contribution is 0.174. The molecule has 2 aromatic rings. The third-order valence-corrected chi connectivity index (χ3v) is 3.90. The molecule has 132 valence electrons. The lowest BCUT2D eigenvalue weighted by Gasteiger charge is -2.17. The molecule has 0 aliphatic carbocycles. The van der Waals surface area contributed by atoms with Crippen molar-refractivity contribution in [2.75, 3.05) is 26.3 Å². The van der Waals surface area contributed by atoms with Crippen LogP contribution in [-0.2, 0) is 0 Å². The minimum atomic E-state index is -0.339. The van der Waals surface area contributed by atoms with E-state index in [4.69, 9.17) is 18.9 Å². The Hall–Kier alpha value is -3.09. The highest BCUT2D eigenvalue weighted by Crippen LogP contribution is 2.34. The summed E-state index contributed by atoms with van der Waals surface area (Å²) in [5.41, 5.74) is 1.47. The number of ether oxygens (including phenoxy) is 4. The highest BCUT2D eigenvalue weighted by molar-refractivity contribution is 5.91. The van der Waals surface area contributed by atoms with Gasteiger partial charge in [-0.05, 0) is 36.8 Å². The Labute approximate surface area is 145 Å². The quantitative estimate of drug-likeness (QED) is 0.870. The zero-order chi connectivity index (χ0) is 17.8. The second-order valence-corrected chi connectivity index (χ2v) is 5.50. The Morgan fingerprint density at radius 3 is 2.64 bits per heavy atom. The van der Waals surface area contributed by atoms with Crippen LogP contribution in [0.4, 0.5) is 10.5 Å². The van der Waals surface area contributed by atoms with Gasteiger partial charge in [0.15, 0.2) is 11.5 Å². The van der Waals surface area contributed by atoms with Crippen LogP contribution >= 0.6 is 0 Å². The fourth-order valence-electron chi connectivity index (χ4n) is 2.52. The molecule has 3 rings (SSSR count). The first-order valence-electron chi connectivity index (χ1n) is 7.80. The molecule has 0 saturated carbocycles. The molecule has 2 amide bonds. The Morgan fingerprint density at radius 2 is 1.88 bits per heavy atom. The lowest BCUT2D eigenvalue weighted by atomic mass is 10.1. The summed E-state index contributed by atoms with van der Waals surface area (Å²) in [4.78, 5) is 12.3. The smallest absolute Gasteiger partial charge is 0.319 e. The Balaban J connectivity index is 1.66. The molecule has 0 spiro atoms. The number of fused-ring (bicyclic) bond motifs is 1. The average molecular weight is 344 g/mol. The maximum Gasteiger partial charge on any atom is 0.319 e. The van der Waals surface area contributed by atoms with Gasteiger partial charge < -0.3 is 29.6 Å². The first-order valence-corrected chi connectivity index (χ1v) is 7.80. The molecule has 0 bridgehead atoms. The van der Waals surface area contributed by atoms with Crippen LogP contribution in [-0.4, -0.2) is 27.0 Å². The second kappa shape index (κ2) is 7.21. The van der Waals surface area contributed by atoms with Crippen LogP contribution < -0.4 is 29.6 Å². The monoisotopic (exact) mass is 344 g/mol. The van der Waals surface area contributed by atoms with Crippen molar-refractivity contribution in [3.63, 3.8) is 0 Å². The number of carbonyl (C=O) groups is 1. The van der Waals surface area contributed by atoms with Gasteiger partial charge in [0.25, 0.3) is 0 Å². The standard InChI is InChI=1S/C18H20N2O5/c1-11(12-4-7-15-17(8-12)25-10-24-15)19-18(21)20-14-6-5-13(22-2)9-16(14)23-3/h4-9,11H,10H2,1-3H3,(H2,19,20,21)/t11-/m0/s1. The molecule has 0 unspecified atom stereocenters. The van der Waals surface area contributed by atoms with E-state index in [1.807, 2.05) is 25.1 Å². The van der Waals surface area contributed by atoms with E-state index >= 15 is 0 Å². The van der Waals surface area contributed by atoms with Crippen LogP contribution in [0.2, 0.25) is 0 Å². The van der Waals surface area contributed by atoms with E-state index < -0.39 is 0 Å². The number of carbonyl (C=O) groups excluding carboxylic acids is 1. The van der Waals surface area contributed by atoms with E-state index in [1.165, 1.54) is 7.11 Å². The number of benzene rings is 2.